The maximum atomic E-state index is 5.56. The predicted octanol–water partition coefficient (Wildman–Crippen LogP) is 5.05. The number of benzene rings is 2. The Kier molecular flexibility index (Phi) is 7.17. The van der Waals surface area contributed by atoms with Gasteiger partial charge in [-0.2, -0.15) is 5.10 Å². The molecule has 31 heavy (non-hydrogen) atoms. The van der Waals surface area contributed by atoms with Gasteiger partial charge in [-0.25, -0.2) is 4.68 Å². The van der Waals surface area contributed by atoms with Crippen molar-refractivity contribution in [2.24, 2.45) is 10.1 Å². The van der Waals surface area contributed by atoms with Gasteiger partial charge in [0.25, 0.3) is 0 Å². The van der Waals surface area contributed by atoms with Crippen molar-refractivity contribution in [2.75, 3.05) is 21.3 Å². The third-order valence-corrected chi connectivity index (χ3v) is 5.74. The van der Waals surface area contributed by atoms with E-state index < -0.39 is 0 Å². The van der Waals surface area contributed by atoms with Crippen molar-refractivity contribution in [3.63, 3.8) is 0 Å². The Morgan fingerprint density at radius 2 is 1.61 bits per heavy atom. The fourth-order valence-corrected chi connectivity index (χ4v) is 4.07. The summed E-state index contributed by atoms with van der Waals surface area (Å²) in [6.45, 7) is 8.34. The van der Waals surface area contributed by atoms with Crippen LogP contribution in [0.2, 0.25) is 0 Å². The molecule has 0 aliphatic carbocycles. The maximum Gasteiger partial charge on any atom is 0.206 e. The Balaban J connectivity index is 2.18. The molecule has 0 saturated heterocycles. The van der Waals surface area contributed by atoms with Gasteiger partial charge in [0.2, 0.25) is 4.80 Å². The van der Waals surface area contributed by atoms with Gasteiger partial charge in [-0.05, 0) is 44.9 Å². The van der Waals surface area contributed by atoms with E-state index in [9.17, 15) is 0 Å². The molecule has 2 aromatic carbocycles. The van der Waals surface area contributed by atoms with Gasteiger partial charge in [-0.1, -0.05) is 12.1 Å². The van der Waals surface area contributed by atoms with E-state index in [2.05, 4.69) is 51.3 Å². The largest absolute Gasteiger partial charge is 0.496 e. The third-order valence-electron chi connectivity index (χ3n) is 4.91. The summed E-state index contributed by atoms with van der Waals surface area (Å²) in [7, 11) is 4.84. The SMILES string of the molecule is COc1cc(OC)c(C=Nn2c(-c3ccc(C)c(C)c3)csc2=NC(C)C)c(OC)c1. The first-order valence-electron chi connectivity index (χ1n) is 10.0. The summed E-state index contributed by atoms with van der Waals surface area (Å²) in [5, 5.41) is 6.89. The average Bonchev–Trinajstić information content (AvgIpc) is 3.15. The first-order chi connectivity index (χ1) is 14.9. The van der Waals surface area contributed by atoms with Crippen molar-refractivity contribution in [1.82, 2.24) is 4.68 Å². The molecule has 0 aliphatic rings. The minimum atomic E-state index is 0.151. The highest BCUT2D eigenvalue weighted by Gasteiger charge is 2.13. The van der Waals surface area contributed by atoms with E-state index in [0.29, 0.717) is 17.2 Å². The summed E-state index contributed by atoms with van der Waals surface area (Å²) in [6.07, 6.45) is 1.74. The first kappa shape index (κ1) is 22.6. The maximum absolute atomic E-state index is 5.56. The summed E-state index contributed by atoms with van der Waals surface area (Å²) in [5.74, 6) is 1.89. The number of hydrogen-bond acceptors (Lipinski definition) is 6. The van der Waals surface area contributed by atoms with E-state index in [0.717, 1.165) is 21.6 Å². The highest BCUT2D eigenvalue weighted by Crippen LogP contribution is 2.33. The molecular weight excluding hydrogens is 410 g/mol. The molecule has 0 spiro atoms. The number of thiazole rings is 1. The van der Waals surface area contributed by atoms with Crippen LogP contribution in [0.3, 0.4) is 0 Å². The second kappa shape index (κ2) is 9.83. The molecule has 0 bridgehead atoms. The number of hydrogen-bond donors (Lipinski definition) is 0. The van der Waals surface area contributed by atoms with Crippen molar-refractivity contribution in [2.45, 2.75) is 33.7 Å². The Morgan fingerprint density at radius 1 is 0.935 bits per heavy atom. The summed E-state index contributed by atoms with van der Waals surface area (Å²) < 4.78 is 18.3. The van der Waals surface area contributed by atoms with Gasteiger partial charge >= 0.3 is 0 Å². The van der Waals surface area contributed by atoms with Crippen LogP contribution in [-0.4, -0.2) is 38.3 Å². The van der Waals surface area contributed by atoms with Crippen molar-refractivity contribution in [1.29, 1.82) is 0 Å². The second-order valence-corrected chi connectivity index (χ2v) is 8.26. The van der Waals surface area contributed by atoms with Crippen molar-refractivity contribution in [3.05, 3.63) is 57.2 Å². The van der Waals surface area contributed by atoms with Crippen LogP contribution in [0.1, 0.15) is 30.5 Å². The molecule has 1 heterocycles. The predicted molar refractivity (Wildman–Crippen MR) is 127 cm³/mol. The van der Waals surface area contributed by atoms with Crippen LogP contribution in [0.5, 0.6) is 17.2 Å². The fourth-order valence-electron chi connectivity index (χ4n) is 3.10. The molecule has 164 valence electrons. The van der Waals surface area contributed by atoms with Gasteiger partial charge in [0, 0.05) is 29.1 Å². The summed E-state index contributed by atoms with van der Waals surface area (Å²) in [6, 6.07) is 10.2. The first-order valence-corrected chi connectivity index (χ1v) is 10.9. The fraction of sp³-hybridized carbons (Fsp3) is 0.333. The zero-order valence-electron chi connectivity index (χ0n) is 19.1. The lowest BCUT2D eigenvalue weighted by atomic mass is 10.1. The van der Waals surface area contributed by atoms with Crippen LogP contribution in [0.15, 0.2) is 45.8 Å². The van der Waals surface area contributed by atoms with Gasteiger partial charge in [0.1, 0.15) is 17.2 Å². The van der Waals surface area contributed by atoms with Gasteiger partial charge in [0.15, 0.2) is 0 Å². The highest BCUT2D eigenvalue weighted by molar-refractivity contribution is 7.07. The van der Waals surface area contributed by atoms with E-state index in [1.54, 1.807) is 38.9 Å². The van der Waals surface area contributed by atoms with Crippen molar-refractivity contribution in [3.8, 4) is 28.5 Å². The molecule has 6 nitrogen and oxygen atoms in total. The zero-order valence-corrected chi connectivity index (χ0v) is 19.9. The van der Waals surface area contributed by atoms with Crippen LogP contribution in [-0.2, 0) is 0 Å². The van der Waals surface area contributed by atoms with Crippen molar-refractivity contribution >= 4 is 17.6 Å². The molecule has 0 radical (unpaired) electrons. The lowest BCUT2D eigenvalue weighted by molar-refractivity contribution is 0.374. The van der Waals surface area contributed by atoms with Crippen LogP contribution < -0.4 is 19.0 Å². The number of rotatable bonds is 7. The van der Waals surface area contributed by atoms with Gasteiger partial charge in [-0.15, -0.1) is 11.3 Å². The van der Waals surface area contributed by atoms with Crippen LogP contribution in [0.25, 0.3) is 11.3 Å². The smallest absolute Gasteiger partial charge is 0.206 e. The summed E-state index contributed by atoms with van der Waals surface area (Å²) in [4.78, 5) is 5.58. The molecule has 0 aliphatic heterocycles. The number of aromatic nitrogens is 1. The minimum absolute atomic E-state index is 0.151. The number of aryl methyl sites for hydroxylation is 2. The average molecular weight is 440 g/mol. The lowest BCUT2D eigenvalue weighted by Gasteiger charge is -2.12. The van der Waals surface area contributed by atoms with Gasteiger partial charge in [0.05, 0.1) is 38.8 Å². The van der Waals surface area contributed by atoms with Crippen LogP contribution in [0.4, 0.5) is 0 Å². The molecule has 3 rings (SSSR count). The standard InChI is InChI=1S/C24H29N3O3S/c1-15(2)26-24-27(21(14-31-24)18-9-8-16(3)17(4)10-18)25-13-20-22(29-6)11-19(28-5)12-23(20)30-7/h8-15H,1-7H3. The highest BCUT2D eigenvalue weighted by atomic mass is 32.1. The molecule has 0 amide bonds. The van der Waals surface area contributed by atoms with Crippen LogP contribution >= 0.6 is 11.3 Å². The van der Waals surface area contributed by atoms with E-state index in [1.807, 2.05) is 16.8 Å². The number of ether oxygens (including phenoxy) is 3. The molecule has 0 atom stereocenters. The minimum Gasteiger partial charge on any atom is -0.496 e. The molecule has 0 N–H and O–H groups in total. The Bertz CT molecular complexity index is 1130. The van der Waals surface area contributed by atoms with E-state index in [4.69, 9.17) is 24.3 Å². The number of nitrogens with zero attached hydrogens (tertiary/aromatic N) is 3. The third kappa shape index (κ3) is 4.99. The van der Waals surface area contributed by atoms with Gasteiger partial charge < -0.3 is 14.2 Å². The van der Waals surface area contributed by atoms with Crippen molar-refractivity contribution < 1.29 is 14.2 Å². The van der Waals surface area contributed by atoms with Gasteiger partial charge in [-0.3, -0.25) is 4.99 Å². The van der Waals surface area contributed by atoms with E-state index in [-0.39, 0.29) is 6.04 Å². The second-order valence-electron chi connectivity index (χ2n) is 7.43. The topological polar surface area (TPSA) is 57.3 Å². The van der Waals surface area contributed by atoms with E-state index >= 15 is 0 Å². The Morgan fingerprint density at radius 3 is 2.16 bits per heavy atom. The molecular formula is C24H29N3O3S. The Hall–Kier alpha value is -3.06. The normalized spacial score (nSPS) is 12.1. The summed E-state index contributed by atoms with van der Waals surface area (Å²) in [5.41, 5.74) is 5.30. The number of methoxy groups -OCH3 is 3. The zero-order chi connectivity index (χ0) is 22.5. The monoisotopic (exact) mass is 439 g/mol. The lowest BCUT2D eigenvalue weighted by Crippen LogP contribution is -2.14. The Labute approximate surface area is 187 Å². The molecule has 0 fully saturated rings. The quantitative estimate of drug-likeness (QED) is 0.484. The molecule has 7 heteroatoms. The molecule has 0 unspecified atom stereocenters. The molecule has 3 aromatic rings. The van der Waals surface area contributed by atoms with Crippen LogP contribution in [0, 0.1) is 13.8 Å². The van der Waals surface area contributed by atoms with E-state index in [1.165, 1.54) is 11.1 Å². The summed E-state index contributed by atoms with van der Waals surface area (Å²) >= 11 is 1.57. The molecule has 1 aromatic heterocycles. The molecule has 0 saturated carbocycles.